The van der Waals surface area contributed by atoms with Crippen LogP contribution in [0.3, 0.4) is 0 Å². The summed E-state index contributed by atoms with van der Waals surface area (Å²) in [5, 5.41) is 3.95. The number of ether oxygens (including phenoxy) is 2. The molecule has 7 nitrogen and oxygen atoms in total. The van der Waals surface area contributed by atoms with Gasteiger partial charge in [-0.3, -0.25) is 14.5 Å². The van der Waals surface area contributed by atoms with Crippen LogP contribution in [0.1, 0.15) is 18.4 Å². The summed E-state index contributed by atoms with van der Waals surface area (Å²) in [5.41, 5.74) is 1.82. The number of hydrogen-bond donors (Lipinski definition) is 1. The molecular weight excluding hydrogens is 434 g/mol. The van der Waals surface area contributed by atoms with Crippen molar-refractivity contribution in [3.63, 3.8) is 0 Å². The zero-order valence-corrected chi connectivity index (χ0v) is 19.0. The van der Waals surface area contributed by atoms with Gasteiger partial charge in [0.15, 0.2) is 0 Å². The summed E-state index contributed by atoms with van der Waals surface area (Å²) in [6.07, 6.45) is 5.91. The molecule has 0 bridgehead atoms. The van der Waals surface area contributed by atoms with Crippen molar-refractivity contribution in [3.8, 4) is 0 Å². The molecule has 2 aliphatic rings. The van der Waals surface area contributed by atoms with Crippen molar-refractivity contribution in [2.75, 3.05) is 33.4 Å². The number of aromatic nitrogens is 1. The van der Waals surface area contributed by atoms with Crippen LogP contribution in [0.2, 0.25) is 0 Å². The fourth-order valence-electron chi connectivity index (χ4n) is 3.78. The molecule has 2 amide bonds. The number of thiocarbonyl (C=S) groups is 1. The van der Waals surface area contributed by atoms with Gasteiger partial charge in [0.25, 0.3) is 5.91 Å². The molecule has 0 unspecified atom stereocenters. The molecule has 1 N–H and O–H groups in total. The van der Waals surface area contributed by atoms with E-state index in [1.54, 1.807) is 12.0 Å². The zero-order valence-electron chi connectivity index (χ0n) is 17.3. The number of methoxy groups -OCH3 is 1. The second-order valence-electron chi connectivity index (χ2n) is 7.49. The lowest BCUT2D eigenvalue weighted by Crippen LogP contribution is -2.34. The normalized spacial score (nSPS) is 20.4. The SMILES string of the molecule is COCCN1C(=O)/C(=C/c2cn(CC(=O)NC[C@H]3CCCO3)c3ccccc23)SC1=S. The highest BCUT2D eigenvalue weighted by Gasteiger charge is 2.31. The number of rotatable bonds is 8. The highest BCUT2D eigenvalue weighted by molar-refractivity contribution is 8.26. The lowest BCUT2D eigenvalue weighted by molar-refractivity contribution is -0.123. The predicted octanol–water partition coefficient (Wildman–Crippen LogP) is 2.78. The third-order valence-electron chi connectivity index (χ3n) is 5.36. The lowest BCUT2D eigenvalue weighted by atomic mass is 10.1. The Labute approximate surface area is 190 Å². The summed E-state index contributed by atoms with van der Waals surface area (Å²) in [4.78, 5) is 27.4. The number of carbonyl (C=O) groups excluding carboxylic acids is 2. The van der Waals surface area contributed by atoms with E-state index in [2.05, 4.69) is 5.32 Å². The van der Waals surface area contributed by atoms with Gasteiger partial charge in [-0.05, 0) is 25.0 Å². The molecule has 0 radical (unpaired) electrons. The summed E-state index contributed by atoms with van der Waals surface area (Å²) in [6, 6.07) is 7.86. The van der Waals surface area contributed by atoms with E-state index < -0.39 is 0 Å². The van der Waals surface area contributed by atoms with E-state index in [9.17, 15) is 9.59 Å². The van der Waals surface area contributed by atoms with Crippen molar-refractivity contribution < 1.29 is 19.1 Å². The second kappa shape index (κ2) is 9.95. The van der Waals surface area contributed by atoms with Crippen molar-refractivity contribution >= 4 is 57.1 Å². The number of fused-ring (bicyclic) bond motifs is 1. The van der Waals surface area contributed by atoms with Crippen LogP contribution in [-0.4, -0.2) is 65.1 Å². The van der Waals surface area contributed by atoms with Gasteiger partial charge < -0.3 is 19.4 Å². The van der Waals surface area contributed by atoms with Crippen molar-refractivity contribution in [2.45, 2.75) is 25.5 Å². The summed E-state index contributed by atoms with van der Waals surface area (Å²) < 4.78 is 13.1. The standard InChI is InChI=1S/C22H25N3O4S2/c1-28-10-8-25-21(27)19(31-22(25)30)11-15-13-24(18-7-3-2-6-17(15)18)14-20(26)23-12-16-5-4-9-29-16/h2-3,6-7,11,13,16H,4-5,8-10,12,14H2,1H3,(H,23,26)/b19-11-/t16-/m1/s1. The van der Waals surface area contributed by atoms with Gasteiger partial charge in [-0.1, -0.05) is 42.2 Å². The molecule has 1 aromatic carbocycles. The molecule has 4 rings (SSSR count). The number of hydrogen-bond acceptors (Lipinski definition) is 6. The molecule has 2 aromatic rings. The number of thioether (sulfide) groups is 1. The van der Waals surface area contributed by atoms with Crippen molar-refractivity contribution in [1.29, 1.82) is 0 Å². The monoisotopic (exact) mass is 459 g/mol. The first-order valence-corrected chi connectivity index (χ1v) is 11.5. The second-order valence-corrected chi connectivity index (χ2v) is 9.17. The van der Waals surface area contributed by atoms with Crippen LogP contribution in [0.25, 0.3) is 17.0 Å². The van der Waals surface area contributed by atoms with E-state index in [1.165, 1.54) is 11.8 Å². The molecule has 3 heterocycles. The first kappa shape index (κ1) is 22.0. The molecule has 0 spiro atoms. The minimum Gasteiger partial charge on any atom is -0.383 e. The Kier molecular flexibility index (Phi) is 7.06. The first-order valence-electron chi connectivity index (χ1n) is 10.3. The molecule has 9 heteroatoms. The van der Waals surface area contributed by atoms with Crippen molar-refractivity contribution in [3.05, 3.63) is 40.9 Å². The fraction of sp³-hybridized carbons (Fsp3) is 0.409. The number of nitrogens with one attached hydrogen (secondary N) is 1. The maximum absolute atomic E-state index is 12.8. The molecule has 0 saturated carbocycles. The number of para-hydroxylation sites is 1. The average molecular weight is 460 g/mol. The average Bonchev–Trinajstić information content (AvgIpc) is 3.46. The Morgan fingerprint density at radius 3 is 3.03 bits per heavy atom. The molecule has 2 fully saturated rings. The third-order valence-corrected chi connectivity index (χ3v) is 6.74. The van der Waals surface area contributed by atoms with Crippen LogP contribution in [0.4, 0.5) is 0 Å². The van der Waals surface area contributed by atoms with E-state index in [-0.39, 0.29) is 24.5 Å². The van der Waals surface area contributed by atoms with Gasteiger partial charge in [0.1, 0.15) is 10.9 Å². The zero-order chi connectivity index (χ0) is 21.8. The summed E-state index contributed by atoms with van der Waals surface area (Å²) in [7, 11) is 1.60. The van der Waals surface area contributed by atoms with E-state index in [0.29, 0.717) is 28.9 Å². The van der Waals surface area contributed by atoms with Crippen LogP contribution < -0.4 is 5.32 Å². The van der Waals surface area contributed by atoms with Gasteiger partial charge in [0.05, 0.1) is 24.2 Å². The minimum absolute atomic E-state index is 0.0614. The minimum atomic E-state index is -0.113. The van der Waals surface area contributed by atoms with Crippen LogP contribution in [0.15, 0.2) is 35.4 Å². The first-order chi connectivity index (χ1) is 15.1. The van der Waals surface area contributed by atoms with E-state index in [0.717, 1.165) is 35.9 Å². The smallest absolute Gasteiger partial charge is 0.266 e. The fourth-order valence-corrected chi connectivity index (χ4v) is 5.08. The number of carbonyl (C=O) groups is 2. The quantitative estimate of drug-likeness (QED) is 0.484. The Bertz CT molecular complexity index is 1030. The van der Waals surface area contributed by atoms with Crippen molar-refractivity contribution in [1.82, 2.24) is 14.8 Å². The largest absolute Gasteiger partial charge is 0.383 e. The molecule has 0 aliphatic carbocycles. The molecule has 164 valence electrons. The number of amides is 2. The van der Waals surface area contributed by atoms with Gasteiger partial charge in [-0.2, -0.15) is 0 Å². The number of nitrogens with zero attached hydrogens (tertiary/aromatic N) is 2. The Balaban J connectivity index is 1.52. The van der Waals surface area contributed by atoms with E-state index in [1.807, 2.05) is 41.1 Å². The molecule has 2 saturated heterocycles. The Morgan fingerprint density at radius 1 is 1.42 bits per heavy atom. The molecule has 1 atom stereocenters. The molecular formula is C22H25N3O4S2. The maximum Gasteiger partial charge on any atom is 0.266 e. The van der Waals surface area contributed by atoms with Crippen LogP contribution in [0.5, 0.6) is 0 Å². The summed E-state index contributed by atoms with van der Waals surface area (Å²) >= 11 is 6.65. The van der Waals surface area contributed by atoms with E-state index >= 15 is 0 Å². The predicted molar refractivity (Wildman–Crippen MR) is 126 cm³/mol. The Morgan fingerprint density at radius 2 is 2.26 bits per heavy atom. The topological polar surface area (TPSA) is 72.8 Å². The van der Waals surface area contributed by atoms with E-state index in [4.69, 9.17) is 21.7 Å². The molecule has 31 heavy (non-hydrogen) atoms. The van der Waals surface area contributed by atoms with Gasteiger partial charge in [-0.15, -0.1) is 0 Å². The van der Waals surface area contributed by atoms with Gasteiger partial charge in [0, 0.05) is 42.9 Å². The summed E-state index contributed by atoms with van der Waals surface area (Å²) in [6.45, 7) is 2.37. The summed E-state index contributed by atoms with van der Waals surface area (Å²) in [5.74, 6) is -0.174. The van der Waals surface area contributed by atoms with Crippen molar-refractivity contribution in [2.24, 2.45) is 0 Å². The highest BCUT2D eigenvalue weighted by Crippen LogP contribution is 2.34. The van der Waals surface area contributed by atoms with Crippen LogP contribution in [-0.2, 0) is 25.6 Å². The third kappa shape index (κ3) is 5.01. The van der Waals surface area contributed by atoms with Crippen LogP contribution in [0, 0.1) is 0 Å². The number of benzene rings is 1. The Hall–Kier alpha value is -2.20. The molecule has 1 aromatic heterocycles. The van der Waals surface area contributed by atoms with Gasteiger partial charge in [0.2, 0.25) is 5.91 Å². The maximum atomic E-state index is 12.8. The van der Waals surface area contributed by atoms with Gasteiger partial charge >= 0.3 is 0 Å². The lowest BCUT2D eigenvalue weighted by Gasteiger charge is -2.12. The molecule has 2 aliphatic heterocycles. The van der Waals surface area contributed by atoms with Crippen LogP contribution >= 0.6 is 24.0 Å². The van der Waals surface area contributed by atoms with Gasteiger partial charge in [-0.25, -0.2) is 0 Å². The highest BCUT2D eigenvalue weighted by atomic mass is 32.2.